The van der Waals surface area contributed by atoms with Gasteiger partial charge in [0.15, 0.2) is 5.65 Å². The third kappa shape index (κ3) is 3.87. The Kier molecular flexibility index (Phi) is 5.64. The summed E-state index contributed by atoms with van der Waals surface area (Å²) in [6.45, 7) is 5.99. The number of aryl methyl sites for hydroxylation is 1. The highest BCUT2D eigenvalue weighted by Gasteiger charge is 2.47. The lowest BCUT2D eigenvalue weighted by molar-refractivity contribution is -0.140. The maximum atomic E-state index is 13.6. The van der Waals surface area contributed by atoms with Crippen LogP contribution in [0.15, 0.2) is 34.4 Å². The number of hydrogen-bond acceptors (Lipinski definition) is 8. The highest BCUT2D eigenvalue weighted by molar-refractivity contribution is 7.99. The topological polar surface area (TPSA) is 108 Å². The summed E-state index contributed by atoms with van der Waals surface area (Å²) in [5.41, 5.74) is 12.4. The average Bonchev–Trinajstić information content (AvgIpc) is 3.37. The number of ether oxygens (including phenoxy) is 1. The fourth-order valence-corrected chi connectivity index (χ4v) is 5.99. The Hall–Kier alpha value is -2.57. The first-order chi connectivity index (χ1) is 16.1. The number of pyridine rings is 1. The molecule has 182 valence electrons. The second-order valence-corrected chi connectivity index (χ2v) is 10.1. The molecule has 0 saturated carbocycles. The molecular weight excluding hydrogens is 467 g/mol. The third-order valence-electron chi connectivity index (χ3n) is 6.95. The zero-order valence-electron chi connectivity index (χ0n) is 18.8. The van der Waals surface area contributed by atoms with Gasteiger partial charge in [-0.25, -0.2) is 15.0 Å². The number of halogens is 3. The molecule has 2 aliphatic heterocycles. The molecule has 34 heavy (non-hydrogen) atoms. The zero-order chi connectivity index (χ0) is 24.3. The smallest absolute Gasteiger partial charge is 0.384 e. The van der Waals surface area contributed by atoms with Crippen LogP contribution in [0.3, 0.4) is 0 Å². The maximum Gasteiger partial charge on any atom is 0.418 e. The van der Waals surface area contributed by atoms with Crippen molar-refractivity contribution in [2.24, 2.45) is 11.1 Å². The van der Waals surface area contributed by atoms with E-state index in [0.717, 1.165) is 49.8 Å². The van der Waals surface area contributed by atoms with E-state index in [4.69, 9.17) is 21.2 Å². The van der Waals surface area contributed by atoms with Crippen LogP contribution < -0.4 is 16.4 Å². The van der Waals surface area contributed by atoms with Crippen molar-refractivity contribution in [1.82, 2.24) is 19.4 Å². The molecule has 2 aliphatic rings. The number of aromatic nitrogens is 4. The van der Waals surface area contributed by atoms with E-state index in [2.05, 4.69) is 14.9 Å². The van der Waals surface area contributed by atoms with Gasteiger partial charge in [0, 0.05) is 48.0 Å². The van der Waals surface area contributed by atoms with Gasteiger partial charge >= 0.3 is 6.18 Å². The number of hydrogen-bond donors (Lipinski definition) is 2. The number of imidazole rings is 1. The molecule has 5 heterocycles. The monoisotopic (exact) mass is 493 g/mol. The van der Waals surface area contributed by atoms with E-state index in [1.807, 2.05) is 11.3 Å². The first-order valence-corrected chi connectivity index (χ1v) is 11.9. The van der Waals surface area contributed by atoms with Crippen LogP contribution in [0.1, 0.15) is 31.0 Å². The summed E-state index contributed by atoms with van der Waals surface area (Å²) in [7, 11) is 0. The van der Waals surface area contributed by atoms with Crippen LogP contribution in [-0.2, 0) is 10.9 Å². The van der Waals surface area contributed by atoms with Crippen molar-refractivity contribution in [1.29, 1.82) is 0 Å². The van der Waals surface area contributed by atoms with Gasteiger partial charge in [0.2, 0.25) is 5.95 Å². The van der Waals surface area contributed by atoms with Gasteiger partial charge in [-0.3, -0.25) is 4.40 Å². The SMILES string of the molecule is Cc1nc(N2CCC3(CC2)CO[C@@H](C)[C@H]3N)n2ccnc2c1Sc1cc(N)ncc1C(F)(F)F. The second kappa shape index (κ2) is 8.28. The number of piperidine rings is 1. The molecule has 1 spiro atoms. The van der Waals surface area contributed by atoms with Crippen molar-refractivity contribution in [2.45, 2.75) is 54.8 Å². The minimum absolute atomic E-state index is 0.00649. The summed E-state index contributed by atoms with van der Waals surface area (Å²) in [6, 6.07) is 1.24. The molecule has 0 bridgehead atoms. The first kappa shape index (κ1) is 23.2. The Labute approximate surface area is 198 Å². The van der Waals surface area contributed by atoms with Gasteiger partial charge in [0.1, 0.15) is 5.82 Å². The van der Waals surface area contributed by atoms with E-state index in [1.165, 1.54) is 6.07 Å². The lowest BCUT2D eigenvalue weighted by Gasteiger charge is -2.41. The summed E-state index contributed by atoms with van der Waals surface area (Å²) in [4.78, 5) is 15.5. The predicted octanol–water partition coefficient (Wildman–Crippen LogP) is 3.52. The predicted molar refractivity (Wildman–Crippen MR) is 123 cm³/mol. The molecule has 3 aromatic heterocycles. The van der Waals surface area contributed by atoms with Gasteiger partial charge < -0.3 is 21.1 Å². The van der Waals surface area contributed by atoms with Gasteiger partial charge in [-0.1, -0.05) is 11.8 Å². The Balaban J connectivity index is 1.47. The van der Waals surface area contributed by atoms with Crippen molar-refractivity contribution in [2.75, 3.05) is 30.3 Å². The number of nitrogens with two attached hydrogens (primary N) is 2. The summed E-state index contributed by atoms with van der Waals surface area (Å²) < 4.78 is 48.4. The van der Waals surface area contributed by atoms with Gasteiger partial charge in [0.25, 0.3) is 0 Å². The molecule has 0 unspecified atom stereocenters. The molecule has 0 aromatic carbocycles. The summed E-state index contributed by atoms with van der Waals surface area (Å²) in [6.07, 6.45) is 1.44. The van der Waals surface area contributed by atoms with Crippen molar-refractivity contribution < 1.29 is 17.9 Å². The number of rotatable bonds is 3. The molecular formula is C22H26F3N7OS. The zero-order valence-corrected chi connectivity index (χ0v) is 19.7. The van der Waals surface area contributed by atoms with E-state index in [9.17, 15) is 13.2 Å². The Morgan fingerprint density at radius 1 is 1.24 bits per heavy atom. The largest absolute Gasteiger partial charge is 0.418 e. The number of anilines is 2. The van der Waals surface area contributed by atoms with Crippen LogP contribution >= 0.6 is 11.8 Å². The van der Waals surface area contributed by atoms with Crippen LogP contribution in [0.2, 0.25) is 0 Å². The fraction of sp³-hybridized carbons (Fsp3) is 0.500. The quantitative estimate of drug-likeness (QED) is 0.571. The number of fused-ring (bicyclic) bond motifs is 1. The van der Waals surface area contributed by atoms with Crippen LogP contribution in [0.4, 0.5) is 24.9 Å². The average molecular weight is 494 g/mol. The Morgan fingerprint density at radius 2 is 1.97 bits per heavy atom. The first-order valence-electron chi connectivity index (χ1n) is 11.1. The summed E-state index contributed by atoms with van der Waals surface area (Å²) in [5, 5.41) is 0. The molecule has 0 aliphatic carbocycles. The van der Waals surface area contributed by atoms with Crippen molar-refractivity contribution in [3.63, 3.8) is 0 Å². The van der Waals surface area contributed by atoms with E-state index in [0.29, 0.717) is 22.8 Å². The lowest BCUT2D eigenvalue weighted by Crippen LogP contribution is -2.51. The highest BCUT2D eigenvalue weighted by atomic mass is 32.2. The van der Waals surface area contributed by atoms with Crippen LogP contribution in [-0.4, -0.2) is 51.2 Å². The summed E-state index contributed by atoms with van der Waals surface area (Å²) in [5.74, 6) is 0.734. The van der Waals surface area contributed by atoms with E-state index >= 15 is 0 Å². The molecule has 0 radical (unpaired) electrons. The van der Waals surface area contributed by atoms with Crippen molar-refractivity contribution in [3.8, 4) is 0 Å². The molecule has 2 atom stereocenters. The fourth-order valence-electron chi connectivity index (χ4n) is 4.88. The molecule has 3 aromatic rings. The highest BCUT2D eigenvalue weighted by Crippen LogP contribution is 2.44. The van der Waals surface area contributed by atoms with Crippen LogP contribution in [0.25, 0.3) is 5.65 Å². The van der Waals surface area contributed by atoms with Crippen molar-refractivity contribution >= 4 is 29.2 Å². The number of nitrogens with zero attached hydrogens (tertiary/aromatic N) is 5. The third-order valence-corrected chi connectivity index (χ3v) is 8.19. The molecule has 2 fully saturated rings. The standard InChI is InChI=1S/C22H26F3N7OS/c1-12-17(34-15-9-16(26)29-10-14(15)22(23,24)25)19-28-5-8-32(19)20(30-12)31-6-3-21(4-7-31)11-33-13(2)18(21)27/h5,8-10,13,18H,3-4,6-7,11,27H2,1-2H3,(H2,26,29)/t13-,18+/m0/s1. The lowest BCUT2D eigenvalue weighted by atomic mass is 9.73. The molecule has 4 N–H and O–H groups in total. The molecule has 0 amide bonds. The van der Waals surface area contributed by atoms with E-state index in [-0.39, 0.29) is 28.3 Å². The summed E-state index contributed by atoms with van der Waals surface area (Å²) >= 11 is 0.950. The van der Waals surface area contributed by atoms with E-state index in [1.54, 1.807) is 19.3 Å². The molecule has 12 heteroatoms. The maximum absolute atomic E-state index is 13.6. The van der Waals surface area contributed by atoms with Gasteiger partial charge in [-0.15, -0.1) is 0 Å². The van der Waals surface area contributed by atoms with E-state index < -0.39 is 11.7 Å². The number of alkyl halides is 3. The van der Waals surface area contributed by atoms with Crippen molar-refractivity contribution in [3.05, 3.63) is 35.9 Å². The van der Waals surface area contributed by atoms with Crippen LogP contribution in [0.5, 0.6) is 0 Å². The molecule has 8 nitrogen and oxygen atoms in total. The number of nitrogen functional groups attached to an aromatic ring is 1. The minimum Gasteiger partial charge on any atom is -0.384 e. The van der Waals surface area contributed by atoms with Gasteiger partial charge in [-0.2, -0.15) is 13.2 Å². The van der Waals surface area contributed by atoms with Gasteiger partial charge in [-0.05, 0) is 32.8 Å². The Bertz CT molecular complexity index is 1220. The molecule has 5 rings (SSSR count). The molecule has 2 saturated heterocycles. The second-order valence-electron chi connectivity index (χ2n) is 9.04. The van der Waals surface area contributed by atoms with Crippen LogP contribution in [0, 0.1) is 12.3 Å². The normalized spacial score (nSPS) is 22.7. The Morgan fingerprint density at radius 3 is 2.62 bits per heavy atom. The minimum atomic E-state index is -4.55. The van der Waals surface area contributed by atoms with Gasteiger partial charge in [0.05, 0.1) is 28.9 Å².